The van der Waals surface area contributed by atoms with Gasteiger partial charge in [-0.25, -0.2) is 8.42 Å². The number of hydrogen-bond donors (Lipinski definition) is 0. The van der Waals surface area contributed by atoms with Gasteiger partial charge in [-0.3, -0.25) is 4.31 Å². The molecule has 0 aliphatic carbocycles. The number of anilines is 1. The normalized spacial score (nSPS) is 11.5. The second kappa shape index (κ2) is 6.49. The number of aryl methyl sites for hydroxylation is 1. The van der Waals surface area contributed by atoms with Crippen LogP contribution in [-0.2, 0) is 10.0 Å². The molecule has 0 heterocycles. The molecule has 2 rings (SSSR count). The van der Waals surface area contributed by atoms with Gasteiger partial charge in [-0.15, -0.1) is 0 Å². The van der Waals surface area contributed by atoms with Gasteiger partial charge in [0.15, 0.2) is 0 Å². The highest BCUT2D eigenvalue weighted by Crippen LogP contribution is 2.32. The zero-order valence-electron chi connectivity index (χ0n) is 12.6. The molecule has 2 aromatic rings. The van der Waals surface area contributed by atoms with E-state index in [1.807, 2.05) is 26.0 Å². The second-order valence-electron chi connectivity index (χ2n) is 4.96. The van der Waals surface area contributed by atoms with Crippen LogP contribution in [0.4, 0.5) is 5.69 Å². The highest BCUT2D eigenvalue weighted by Gasteiger charge is 2.27. The average molecular weight is 358 g/mol. The van der Waals surface area contributed by atoms with Crippen molar-refractivity contribution in [2.24, 2.45) is 0 Å². The van der Waals surface area contributed by atoms with Crippen molar-refractivity contribution in [3.63, 3.8) is 0 Å². The molecule has 0 spiro atoms. The predicted molar refractivity (Wildman–Crippen MR) is 92.6 cm³/mol. The molecular formula is C16H17Cl2NO2S. The van der Waals surface area contributed by atoms with Crippen molar-refractivity contribution < 1.29 is 8.42 Å². The summed E-state index contributed by atoms with van der Waals surface area (Å²) in [6, 6.07) is 10.0. The van der Waals surface area contributed by atoms with E-state index in [9.17, 15) is 8.42 Å². The lowest BCUT2D eigenvalue weighted by molar-refractivity contribution is 0.592. The summed E-state index contributed by atoms with van der Waals surface area (Å²) in [5.41, 5.74) is 2.60. The van der Waals surface area contributed by atoms with Gasteiger partial charge in [0.05, 0.1) is 10.7 Å². The summed E-state index contributed by atoms with van der Waals surface area (Å²) in [5.74, 6) is 0. The van der Waals surface area contributed by atoms with Crippen LogP contribution < -0.4 is 4.31 Å². The molecule has 0 atom stereocenters. The summed E-state index contributed by atoms with van der Waals surface area (Å²) in [4.78, 5) is 0.0180. The maximum atomic E-state index is 13.0. The van der Waals surface area contributed by atoms with E-state index in [0.29, 0.717) is 17.3 Å². The maximum absolute atomic E-state index is 13.0. The molecule has 0 radical (unpaired) electrons. The highest BCUT2D eigenvalue weighted by atomic mass is 35.5. The number of sulfonamides is 1. The Balaban J connectivity index is 2.64. The lowest BCUT2D eigenvalue weighted by Crippen LogP contribution is -2.31. The largest absolute Gasteiger partial charge is 0.266 e. The van der Waals surface area contributed by atoms with Crippen LogP contribution in [0.15, 0.2) is 41.3 Å². The smallest absolute Gasteiger partial charge is 0.265 e. The first-order valence-corrected chi connectivity index (χ1v) is 9.02. The highest BCUT2D eigenvalue weighted by molar-refractivity contribution is 7.93. The van der Waals surface area contributed by atoms with E-state index >= 15 is 0 Å². The van der Waals surface area contributed by atoms with Crippen LogP contribution in [0.2, 0.25) is 10.0 Å². The van der Waals surface area contributed by atoms with Crippen molar-refractivity contribution in [1.29, 1.82) is 0 Å². The van der Waals surface area contributed by atoms with Crippen LogP contribution in [0.3, 0.4) is 0 Å². The number of hydrogen-bond acceptors (Lipinski definition) is 2. The van der Waals surface area contributed by atoms with Crippen molar-refractivity contribution >= 4 is 38.9 Å². The summed E-state index contributed by atoms with van der Waals surface area (Å²) >= 11 is 12.0. The summed E-state index contributed by atoms with van der Waals surface area (Å²) in [7, 11) is -3.78. The van der Waals surface area contributed by atoms with Crippen molar-refractivity contribution in [1.82, 2.24) is 0 Å². The quantitative estimate of drug-likeness (QED) is 0.785. The van der Waals surface area contributed by atoms with E-state index in [0.717, 1.165) is 11.1 Å². The Morgan fingerprint density at radius 3 is 2.41 bits per heavy atom. The molecule has 2 aromatic carbocycles. The summed E-state index contributed by atoms with van der Waals surface area (Å²) in [6.45, 7) is 5.95. The SMILES string of the molecule is CCN(c1cccc(C)c1C)S(=O)(=O)c1cc(Cl)ccc1Cl. The van der Waals surface area contributed by atoms with Gasteiger partial charge in [-0.2, -0.15) is 0 Å². The third kappa shape index (κ3) is 3.09. The molecule has 0 N–H and O–H groups in total. The molecule has 118 valence electrons. The van der Waals surface area contributed by atoms with Gasteiger partial charge in [0.2, 0.25) is 0 Å². The van der Waals surface area contributed by atoms with Gasteiger partial charge in [-0.1, -0.05) is 35.3 Å². The number of rotatable bonds is 4. The third-order valence-corrected chi connectivity index (χ3v) is 6.20. The summed E-state index contributed by atoms with van der Waals surface area (Å²) in [6.07, 6.45) is 0. The molecule has 0 bridgehead atoms. The fraction of sp³-hybridized carbons (Fsp3) is 0.250. The molecule has 0 saturated carbocycles. The monoisotopic (exact) mass is 357 g/mol. The fourth-order valence-corrected chi connectivity index (χ4v) is 4.54. The van der Waals surface area contributed by atoms with Crippen molar-refractivity contribution in [2.75, 3.05) is 10.8 Å². The first-order chi connectivity index (χ1) is 10.3. The van der Waals surface area contributed by atoms with Crippen LogP contribution in [0.5, 0.6) is 0 Å². The zero-order valence-corrected chi connectivity index (χ0v) is 14.9. The Morgan fingerprint density at radius 1 is 1.09 bits per heavy atom. The van der Waals surface area contributed by atoms with Crippen LogP contribution in [0.25, 0.3) is 0 Å². The Hall–Kier alpha value is -1.23. The van der Waals surface area contributed by atoms with E-state index in [4.69, 9.17) is 23.2 Å². The lowest BCUT2D eigenvalue weighted by atomic mass is 10.1. The second-order valence-corrected chi connectivity index (χ2v) is 7.64. The number of benzene rings is 2. The van der Waals surface area contributed by atoms with Gasteiger partial charge >= 0.3 is 0 Å². The molecule has 0 aromatic heterocycles. The van der Waals surface area contributed by atoms with Gasteiger partial charge < -0.3 is 0 Å². The van der Waals surface area contributed by atoms with Crippen molar-refractivity contribution in [3.8, 4) is 0 Å². The van der Waals surface area contributed by atoms with Gasteiger partial charge in [0.25, 0.3) is 10.0 Å². The predicted octanol–water partition coefficient (Wildman–Crippen LogP) is 4.83. The summed E-state index contributed by atoms with van der Waals surface area (Å²) in [5, 5.41) is 0.494. The van der Waals surface area contributed by atoms with Crippen molar-refractivity contribution in [2.45, 2.75) is 25.7 Å². The van der Waals surface area contributed by atoms with Crippen LogP contribution >= 0.6 is 23.2 Å². The molecule has 6 heteroatoms. The van der Waals surface area contributed by atoms with Crippen LogP contribution in [-0.4, -0.2) is 15.0 Å². The van der Waals surface area contributed by atoms with E-state index in [-0.39, 0.29) is 9.92 Å². The first kappa shape index (κ1) is 17.1. The number of halogens is 2. The molecule has 0 aliphatic rings. The van der Waals surface area contributed by atoms with E-state index in [1.165, 1.54) is 16.4 Å². The van der Waals surface area contributed by atoms with Gasteiger partial charge in [0.1, 0.15) is 4.90 Å². The standard InChI is InChI=1S/C16H17Cl2NO2S/c1-4-19(15-7-5-6-11(2)12(15)3)22(20,21)16-10-13(17)8-9-14(16)18/h5-10H,4H2,1-3H3. The van der Waals surface area contributed by atoms with Gasteiger partial charge in [-0.05, 0) is 56.2 Å². The molecule has 0 saturated heterocycles. The van der Waals surface area contributed by atoms with E-state index in [2.05, 4.69) is 0 Å². The zero-order chi connectivity index (χ0) is 16.5. The number of nitrogens with zero attached hydrogens (tertiary/aromatic N) is 1. The Kier molecular flexibility index (Phi) is 5.05. The van der Waals surface area contributed by atoms with E-state index < -0.39 is 10.0 Å². The van der Waals surface area contributed by atoms with E-state index in [1.54, 1.807) is 19.1 Å². The maximum Gasteiger partial charge on any atom is 0.265 e. The fourth-order valence-electron chi connectivity index (χ4n) is 2.27. The molecule has 0 amide bonds. The molecule has 0 unspecified atom stereocenters. The average Bonchev–Trinajstić information content (AvgIpc) is 2.46. The minimum Gasteiger partial charge on any atom is -0.266 e. The Bertz CT molecular complexity index is 804. The summed E-state index contributed by atoms with van der Waals surface area (Å²) < 4.78 is 27.3. The Labute approximate surface area is 141 Å². The van der Waals surface area contributed by atoms with Crippen LogP contribution in [0.1, 0.15) is 18.1 Å². The minimum absolute atomic E-state index is 0.0180. The topological polar surface area (TPSA) is 37.4 Å². The van der Waals surface area contributed by atoms with Crippen LogP contribution in [0, 0.1) is 13.8 Å². The first-order valence-electron chi connectivity index (χ1n) is 6.83. The van der Waals surface area contributed by atoms with Crippen molar-refractivity contribution in [3.05, 3.63) is 57.6 Å². The molecule has 0 fully saturated rings. The molecule has 22 heavy (non-hydrogen) atoms. The molecule has 0 aliphatic heterocycles. The minimum atomic E-state index is -3.78. The van der Waals surface area contributed by atoms with Gasteiger partial charge in [0, 0.05) is 11.6 Å². The molecular weight excluding hydrogens is 341 g/mol. The molecule has 3 nitrogen and oxygen atoms in total. The lowest BCUT2D eigenvalue weighted by Gasteiger charge is -2.25. The Morgan fingerprint density at radius 2 is 1.77 bits per heavy atom. The third-order valence-electron chi connectivity index (χ3n) is 3.59.